The van der Waals surface area contributed by atoms with Gasteiger partial charge in [-0.15, -0.1) is 0 Å². The van der Waals surface area contributed by atoms with Gasteiger partial charge in [-0.3, -0.25) is 0 Å². The van der Waals surface area contributed by atoms with Crippen LogP contribution in [0.3, 0.4) is 0 Å². The first-order valence-corrected chi connectivity index (χ1v) is 13.5. The Bertz CT molecular complexity index is 2490. The van der Waals surface area contributed by atoms with Crippen molar-refractivity contribution >= 4 is 76.7 Å². The molecule has 0 fully saturated rings. The molecule has 186 valence electrons. The summed E-state index contributed by atoms with van der Waals surface area (Å²) < 4.78 is 17.5. The van der Waals surface area contributed by atoms with Crippen LogP contribution in [0.2, 0.25) is 0 Å². The summed E-state index contributed by atoms with van der Waals surface area (Å²) in [6, 6.07) is 42.9. The molecule has 0 radical (unpaired) electrons. The number of nitrogens with zero attached hydrogens (tertiary/aromatic N) is 2. The van der Waals surface area contributed by atoms with Crippen molar-refractivity contribution in [2.75, 3.05) is 0 Å². The van der Waals surface area contributed by atoms with Gasteiger partial charge in [-0.2, -0.15) is 0 Å². The summed E-state index contributed by atoms with van der Waals surface area (Å²) >= 11 is 0. The lowest BCUT2D eigenvalue weighted by atomic mass is 10.1. The van der Waals surface area contributed by atoms with E-state index < -0.39 is 0 Å². The fourth-order valence-corrected chi connectivity index (χ4v) is 6.92. The van der Waals surface area contributed by atoms with E-state index in [0.29, 0.717) is 0 Å². The molecule has 0 atom stereocenters. The van der Waals surface area contributed by atoms with Gasteiger partial charge in [0, 0.05) is 32.9 Å². The second kappa shape index (κ2) is 7.13. The maximum atomic E-state index is 6.38. The number of para-hydroxylation sites is 2. The minimum absolute atomic E-state index is 0.883. The van der Waals surface area contributed by atoms with Gasteiger partial charge in [0.2, 0.25) is 0 Å². The summed E-state index contributed by atoms with van der Waals surface area (Å²) in [5.74, 6) is 0. The van der Waals surface area contributed by atoms with Crippen LogP contribution in [0.5, 0.6) is 0 Å². The molecule has 40 heavy (non-hydrogen) atoms. The van der Waals surface area contributed by atoms with Gasteiger partial charge in [-0.05, 0) is 72.8 Å². The highest BCUT2D eigenvalue weighted by molar-refractivity contribution is 6.32. The van der Waals surface area contributed by atoms with E-state index >= 15 is 0 Å². The Balaban J connectivity index is 1.42. The monoisotopic (exact) mass is 512 g/mol. The van der Waals surface area contributed by atoms with Crippen LogP contribution in [0, 0.1) is 0 Å². The first-order chi connectivity index (χ1) is 19.8. The predicted molar refractivity (Wildman–Crippen MR) is 163 cm³/mol. The van der Waals surface area contributed by atoms with E-state index in [0.717, 1.165) is 66.3 Å². The third-order valence-electron chi connectivity index (χ3n) is 8.49. The Kier molecular flexibility index (Phi) is 3.65. The van der Waals surface area contributed by atoms with Crippen molar-refractivity contribution < 1.29 is 8.83 Å². The highest BCUT2D eigenvalue weighted by Gasteiger charge is 2.23. The molecular formula is C36H20N2O2. The zero-order chi connectivity index (χ0) is 25.9. The Labute approximate surface area is 227 Å². The first-order valence-electron chi connectivity index (χ1n) is 13.5. The van der Waals surface area contributed by atoms with Gasteiger partial charge in [0.1, 0.15) is 22.3 Å². The molecule has 0 aliphatic carbocycles. The lowest BCUT2D eigenvalue weighted by molar-refractivity contribution is 0.663. The largest absolute Gasteiger partial charge is 0.456 e. The van der Waals surface area contributed by atoms with E-state index in [1.165, 1.54) is 21.8 Å². The van der Waals surface area contributed by atoms with Crippen molar-refractivity contribution in [3.05, 3.63) is 121 Å². The summed E-state index contributed by atoms with van der Waals surface area (Å²) in [6.45, 7) is 0. The normalized spacial score (nSPS) is 12.5. The van der Waals surface area contributed by atoms with E-state index in [9.17, 15) is 0 Å². The SMILES string of the molecule is c1ccc(-n2c3ccccc3c3cc(-n4c5cccc6oc7ccc8oc9cccc4c9c8c7c65)ccc32)cc1. The van der Waals surface area contributed by atoms with Crippen LogP contribution < -0.4 is 0 Å². The van der Waals surface area contributed by atoms with Gasteiger partial charge < -0.3 is 18.0 Å². The fourth-order valence-electron chi connectivity index (χ4n) is 6.92. The minimum Gasteiger partial charge on any atom is -0.456 e. The minimum atomic E-state index is 0.883. The molecule has 0 saturated heterocycles. The zero-order valence-corrected chi connectivity index (χ0v) is 21.3. The lowest BCUT2D eigenvalue weighted by Gasteiger charge is -2.13. The molecule has 10 aromatic rings. The molecule has 0 aliphatic rings. The molecular weight excluding hydrogens is 492 g/mol. The fraction of sp³-hybridized carbons (Fsp3) is 0. The van der Waals surface area contributed by atoms with Crippen molar-refractivity contribution in [3.8, 4) is 11.4 Å². The molecule has 0 N–H and O–H groups in total. The maximum absolute atomic E-state index is 6.38. The summed E-state index contributed by atoms with van der Waals surface area (Å²) in [5, 5.41) is 6.93. The van der Waals surface area contributed by atoms with E-state index in [2.05, 4.69) is 118 Å². The van der Waals surface area contributed by atoms with Gasteiger partial charge >= 0.3 is 0 Å². The molecule has 0 bridgehead atoms. The maximum Gasteiger partial charge on any atom is 0.137 e. The molecule has 0 aliphatic heterocycles. The molecule has 0 spiro atoms. The molecule has 10 rings (SSSR count). The number of hydrogen-bond acceptors (Lipinski definition) is 2. The van der Waals surface area contributed by atoms with Crippen molar-refractivity contribution in [3.63, 3.8) is 0 Å². The molecule has 4 heteroatoms. The van der Waals surface area contributed by atoms with Crippen molar-refractivity contribution in [2.45, 2.75) is 0 Å². The lowest BCUT2D eigenvalue weighted by Crippen LogP contribution is -1.97. The second-order valence-corrected chi connectivity index (χ2v) is 10.5. The Morgan fingerprint density at radius 2 is 0.900 bits per heavy atom. The van der Waals surface area contributed by atoms with E-state index in [1.54, 1.807) is 0 Å². The molecule has 0 saturated carbocycles. The van der Waals surface area contributed by atoms with Crippen LogP contribution in [0.25, 0.3) is 88.1 Å². The van der Waals surface area contributed by atoms with Crippen LogP contribution in [0.4, 0.5) is 0 Å². The number of aromatic nitrogens is 2. The van der Waals surface area contributed by atoms with Gasteiger partial charge in [0.25, 0.3) is 0 Å². The summed E-state index contributed by atoms with van der Waals surface area (Å²) in [6.07, 6.45) is 0. The molecule has 6 aromatic carbocycles. The van der Waals surface area contributed by atoms with Crippen molar-refractivity contribution in [2.24, 2.45) is 0 Å². The van der Waals surface area contributed by atoms with Crippen LogP contribution >= 0.6 is 0 Å². The van der Waals surface area contributed by atoms with Gasteiger partial charge in [-0.1, -0.05) is 48.5 Å². The number of fused-ring (bicyclic) bond motifs is 3. The van der Waals surface area contributed by atoms with Crippen molar-refractivity contribution in [1.29, 1.82) is 0 Å². The van der Waals surface area contributed by atoms with Gasteiger partial charge in [-0.25, -0.2) is 0 Å². The Morgan fingerprint density at radius 3 is 1.60 bits per heavy atom. The molecule has 0 amide bonds. The molecule has 4 aromatic heterocycles. The Morgan fingerprint density at radius 1 is 0.350 bits per heavy atom. The topological polar surface area (TPSA) is 36.1 Å². The smallest absolute Gasteiger partial charge is 0.137 e. The van der Waals surface area contributed by atoms with Gasteiger partial charge in [0.05, 0.1) is 32.8 Å². The van der Waals surface area contributed by atoms with Crippen LogP contribution in [-0.2, 0) is 0 Å². The number of benzene rings is 6. The highest BCUT2D eigenvalue weighted by atomic mass is 16.3. The average Bonchev–Trinajstić information content (AvgIpc) is 3.64. The third kappa shape index (κ3) is 2.42. The van der Waals surface area contributed by atoms with Crippen LogP contribution in [0.1, 0.15) is 0 Å². The number of furan rings is 2. The van der Waals surface area contributed by atoms with Gasteiger partial charge in [0.15, 0.2) is 0 Å². The first kappa shape index (κ1) is 20.5. The van der Waals surface area contributed by atoms with E-state index in [-0.39, 0.29) is 0 Å². The van der Waals surface area contributed by atoms with E-state index in [4.69, 9.17) is 8.83 Å². The number of rotatable bonds is 2. The standard InChI is InChI=1S/C36H20N2O2/c1-2-8-21(9-3-1)37-25-11-5-4-10-23(25)24-20-22(16-17-26(24)37)38-27-12-6-14-29-33(27)35-31(39-29)18-19-32-36(35)34-28(38)13-7-15-30(34)40-32/h1-20H. The second-order valence-electron chi connectivity index (χ2n) is 10.5. The molecule has 0 unspecified atom stereocenters. The zero-order valence-electron chi connectivity index (χ0n) is 21.3. The van der Waals surface area contributed by atoms with E-state index in [1.807, 2.05) is 12.1 Å². The predicted octanol–water partition coefficient (Wildman–Crippen LogP) is 9.96. The molecule has 4 heterocycles. The molecule has 4 nitrogen and oxygen atoms in total. The van der Waals surface area contributed by atoms with Crippen molar-refractivity contribution in [1.82, 2.24) is 9.13 Å². The van der Waals surface area contributed by atoms with Crippen LogP contribution in [-0.4, -0.2) is 9.13 Å². The quantitative estimate of drug-likeness (QED) is 0.231. The van der Waals surface area contributed by atoms with Crippen LogP contribution in [0.15, 0.2) is 130 Å². The third-order valence-corrected chi connectivity index (χ3v) is 8.49. The average molecular weight is 513 g/mol. The summed E-state index contributed by atoms with van der Waals surface area (Å²) in [5.41, 5.74) is 10.4. The summed E-state index contributed by atoms with van der Waals surface area (Å²) in [4.78, 5) is 0. The summed E-state index contributed by atoms with van der Waals surface area (Å²) in [7, 11) is 0. The Hall–Kier alpha value is -5.48. The number of hydrogen-bond donors (Lipinski definition) is 0. The highest BCUT2D eigenvalue weighted by Crippen LogP contribution is 2.45.